The molecule has 1 heterocycles. The minimum absolute atomic E-state index is 0.0494. The van der Waals surface area contributed by atoms with Crippen LogP contribution in [-0.2, 0) is 9.53 Å². The van der Waals surface area contributed by atoms with E-state index in [9.17, 15) is 4.79 Å². The Labute approximate surface area is 110 Å². The van der Waals surface area contributed by atoms with Gasteiger partial charge < -0.3 is 4.74 Å². The molecule has 2 rings (SSSR count). The molecule has 3 heteroatoms. The number of carbonyl (C=O) groups is 1. The first-order chi connectivity index (χ1) is 8.46. The Bertz CT molecular complexity index is 457. The van der Waals surface area contributed by atoms with Crippen LogP contribution in [0.4, 0.5) is 0 Å². The van der Waals surface area contributed by atoms with Gasteiger partial charge in [-0.25, -0.2) is 0 Å². The number of benzene rings is 1. The maximum absolute atomic E-state index is 11.3. The number of hydrogen-bond donors (Lipinski definition) is 0. The van der Waals surface area contributed by atoms with Crippen LogP contribution in [0.5, 0.6) is 0 Å². The molecule has 0 bridgehead atoms. The summed E-state index contributed by atoms with van der Waals surface area (Å²) in [7, 11) is -1.35. The number of hydrogen-bond acceptors (Lipinski definition) is 2. The largest absolute Gasteiger partial charge is 0.457 e. The second kappa shape index (κ2) is 5.10. The van der Waals surface area contributed by atoms with Crippen molar-refractivity contribution in [3.8, 4) is 0 Å². The first-order valence-electron chi connectivity index (χ1n) is 6.43. The lowest BCUT2D eigenvalue weighted by Gasteiger charge is -2.19. The standard InChI is InChI=1S/C15H20O2Si/c1-18(2,3)11-13(12-7-5-4-6-8-12)14-9-10-15(16)17-14/h4-8,11,14H,9-10H2,1-3H3/b13-11+. The maximum Gasteiger partial charge on any atom is 0.306 e. The highest BCUT2D eigenvalue weighted by Crippen LogP contribution is 2.30. The lowest BCUT2D eigenvalue weighted by atomic mass is 10.0. The molecule has 18 heavy (non-hydrogen) atoms. The zero-order valence-corrected chi connectivity index (χ0v) is 12.3. The van der Waals surface area contributed by atoms with E-state index in [0.717, 1.165) is 6.42 Å². The van der Waals surface area contributed by atoms with Crippen molar-refractivity contribution in [2.75, 3.05) is 0 Å². The van der Waals surface area contributed by atoms with Crippen molar-refractivity contribution in [1.82, 2.24) is 0 Å². The molecule has 2 nitrogen and oxygen atoms in total. The third-order valence-electron chi connectivity index (χ3n) is 2.93. The summed E-state index contributed by atoms with van der Waals surface area (Å²) in [6.07, 6.45) is 1.30. The molecule has 1 atom stereocenters. The zero-order valence-electron chi connectivity index (χ0n) is 11.3. The summed E-state index contributed by atoms with van der Waals surface area (Å²) in [5.74, 6) is -0.0718. The highest BCUT2D eigenvalue weighted by Gasteiger charge is 2.28. The van der Waals surface area contributed by atoms with Gasteiger partial charge in [0.15, 0.2) is 0 Å². The summed E-state index contributed by atoms with van der Waals surface area (Å²) in [6.45, 7) is 6.89. The molecule has 1 saturated heterocycles. The van der Waals surface area contributed by atoms with Crippen LogP contribution < -0.4 is 0 Å². The van der Waals surface area contributed by atoms with Crippen LogP contribution in [0.2, 0.25) is 19.6 Å². The second-order valence-corrected chi connectivity index (χ2v) is 10.9. The Hall–Kier alpha value is -1.35. The average Bonchev–Trinajstić information content (AvgIpc) is 2.73. The second-order valence-electron chi connectivity index (χ2n) is 5.85. The van der Waals surface area contributed by atoms with Gasteiger partial charge in [-0.1, -0.05) is 55.7 Å². The van der Waals surface area contributed by atoms with Gasteiger partial charge in [-0.3, -0.25) is 4.79 Å². The molecule has 1 aromatic rings. The first kappa shape index (κ1) is 13.1. The molecule has 0 N–H and O–H groups in total. The molecule has 1 aliphatic heterocycles. The highest BCUT2D eigenvalue weighted by molar-refractivity contribution is 6.81. The molecule has 0 saturated carbocycles. The Balaban J connectivity index is 2.36. The van der Waals surface area contributed by atoms with Crippen molar-refractivity contribution in [2.45, 2.75) is 38.6 Å². The van der Waals surface area contributed by atoms with Crippen LogP contribution in [0.1, 0.15) is 18.4 Å². The van der Waals surface area contributed by atoms with E-state index in [4.69, 9.17) is 4.74 Å². The Morgan fingerprint density at radius 3 is 2.44 bits per heavy atom. The van der Waals surface area contributed by atoms with Crippen LogP contribution in [-0.4, -0.2) is 20.1 Å². The van der Waals surface area contributed by atoms with Crippen LogP contribution in [0.15, 0.2) is 36.0 Å². The predicted octanol–water partition coefficient (Wildman–Crippen LogP) is 3.65. The van der Waals surface area contributed by atoms with E-state index in [2.05, 4.69) is 37.5 Å². The van der Waals surface area contributed by atoms with Gasteiger partial charge >= 0.3 is 5.97 Å². The van der Waals surface area contributed by atoms with Gasteiger partial charge in [0.2, 0.25) is 0 Å². The van der Waals surface area contributed by atoms with E-state index in [1.54, 1.807) is 0 Å². The summed E-state index contributed by atoms with van der Waals surface area (Å²) in [4.78, 5) is 11.3. The molecular formula is C15H20O2Si. The first-order valence-corrected chi connectivity index (χ1v) is 10.0. The molecular weight excluding hydrogens is 240 g/mol. The van der Waals surface area contributed by atoms with Crippen molar-refractivity contribution in [2.24, 2.45) is 0 Å². The van der Waals surface area contributed by atoms with Crippen LogP contribution in [0, 0.1) is 0 Å². The third-order valence-corrected chi connectivity index (χ3v) is 4.10. The van der Waals surface area contributed by atoms with E-state index in [1.807, 2.05) is 18.2 Å². The van der Waals surface area contributed by atoms with Gasteiger partial charge in [-0.2, -0.15) is 0 Å². The monoisotopic (exact) mass is 260 g/mol. The minimum Gasteiger partial charge on any atom is -0.457 e. The fraction of sp³-hybridized carbons (Fsp3) is 0.400. The summed E-state index contributed by atoms with van der Waals surface area (Å²) in [5.41, 5.74) is 4.73. The van der Waals surface area contributed by atoms with Crippen LogP contribution in [0.3, 0.4) is 0 Å². The van der Waals surface area contributed by atoms with Crippen molar-refractivity contribution < 1.29 is 9.53 Å². The predicted molar refractivity (Wildman–Crippen MR) is 76.9 cm³/mol. The summed E-state index contributed by atoms with van der Waals surface area (Å²) >= 11 is 0. The quantitative estimate of drug-likeness (QED) is 0.612. The lowest BCUT2D eigenvalue weighted by Crippen LogP contribution is -2.20. The SMILES string of the molecule is C[Si](C)(C)/C=C(\c1ccccc1)C1CCC(=O)O1. The van der Waals surface area contributed by atoms with Gasteiger partial charge in [-0.15, -0.1) is 0 Å². The summed E-state index contributed by atoms with van der Waals surface area (Å²) < 4.78 is 5.44. The van der Waals surface area contributed by atoms with Crippen molar-refractivity contribution in [3.05, 3.63) is 41.6 Å². The van der Waals surface area contributed by atoms with Gasteiger partial charge in [0.05, 0.1) is 8.07 Å². The molecule has 1 aromatic carbocycles. The molecule has 0 aromatic heterocycles. The van der Waals surface area contributed by atoms with Gasteiger partial charge in [0.1, 0.15) is 6.10 Å². The smallest absolute Gasteiger partial charge is 0.306 e. The molecule has 0 aliphatic carbocycles. The molecule has 0 radical (unpaired) electrons. The summed E-state index contributed by atoms with van der Waals surface area (Å²) in [6, 6.07) is 10.3. The normalized spacial score (nSPS) is 20.9. The molecule has 0 spiro atoms. The maximum atomic E-state index is 11.3. The van der Waals surface area contributed by atoms with E-state index in [1.165, 1.54) is 11.1 Å². The van der Waals surface area contributed by atoms with E-state index >= 15 is 0 Å². The van der Waals surface area contributed by atoms with Gasteiger partial charge in [0.25, 0.3) is 0 Å². The molecule has 1 aliphatic rings. The average molecular weight is 260 g/mol. The summed E-state index contributed by atoms with van der Waals surface area (Å²) in [5, 5.41) is 0. The molecule has 1 fully saturated rings. The molecule has 0 amide bonds. The van der Waals surface area contributed by atoms with Gasteiger partial charge in [0, 0.05) is 6.42 Å². The minimum atomic E-state index is -1.35. The van der Waals surface area contributed by atoms with Crippen LogP contribution >= 0.6 is 0 Å². The van der Waals surface area contributed by atoms with Gasteiger partial charge in [-0.05, 0) is 17.6 Å². The molecule has 1 unspecified atom stereocenters. The number of carbonyl (C=O) groups excluding carboxylic acids is 1. The molecule has 96 valence electrons. The third kappa shape index (κ3) is 3.32. The zero-order chi connectivity index (χ0) is 13.2. The lowest BCUT2D eigenvalue weighted by molar-refractivity contribution is -0.139. The van der Waals surface area contributed by atoms with Crippen molar-refractivity contribution in [3.63, 3.8) is 0 Å². The Kier molecular flexibility index (Phi) is 3.71. The number of esters is 1. The topological polar surface area (TPSA) is 26.3 Å². The number of ether oxygens (including phenoxy) is 1. The van der Waals surface area contributed by atoms with Crippen molar-refractivity contribution in [1.29, 1.82) is 0 Å². The van der Waals surface area contributed by atoms with E-state index in [-0.39, 0.29) is 12.1 Å². The fourth-order valence-electron chi connectivity index (χ4n) is 2.20. The van der Waals surface area contributed by atoms with E-state index in [0.29, 0.717) is 6.42 Å². The number of cyclic esters (lactones) is 1. The highest BCUT2D eigenvalue weighted by atomic mass is 28.3. The Morgan fingerprint density at radius 2 is 1.94 bits per heavy atom. The van der Waals surface area contributed by atoms with Crippen LogP contribution in [0.25, 0.3) is 5.57 Å². The fourth-order valence-corrected chi connectivity index (χ4v) is 3.49. The van der Waals surface area contributed by atoms with E-state index < -0.39 is 8.07 Å². The Morgan fingerprint density at radius 1 is 1.28 bits per heavy atom. The number of rotatable bonds is 3. The van der Waals surface area contributed by atoms with Crippen molar-refractivity contribution >= 4 is 19.6 Å².